The highest BCUT2D eigenvalue weighted by atomic mass is 16.6. The summed E-state index contributed by atoms with van der Waals surface area (Å²) in [5, 5.41) is 0. The molecule has 6 nitrogen and oxygen atoms in total. The Balaban J connectivity index is 4.09. The molecule has 0 aliphatic heterocycles. The zero-order valence-corrected chi connectivity index (χ0v) is 51.8. The third-order valence-corrected chi connectivity index (χ3v) is 16.0. The van der Waals surface area contributed by atoms with Crippen LogP contribution in [-0.2, 0) is 28.6 Å². The molecule has 450 valence electrons. The normalized spacial score (nSPS) is 12.0. The molecule has 0 N–H and O–H groups in total. The van der Waals surface area contributed by atoms with E-state index >= 15 is 0 Å². The fourth-order valence-electron chi connectivity index (χ4n) is 10.8. The van der Waals surface area contributed by atoms with E-state index < -0.39 is 6.10 Å². The van der Waals surface area contributed by atoms with Crippen molar-refractivity contribution < 1.29 is 28.6 Å². The lowest BCUT2D eigenvalue weighted by Crippen LogP contribution is -2.30. The van der Waals surface area contributed by atoms with Crippen LogP contribution in [0, 0.1) is 0 Å². The highest BCUT2D eigenvalue weighted by Gasteiger charge is 2.19. The monoisotopic (exact) mass is 1070 g/mol. The summed E-state index contributed by atoms with van der Waals surface area (Å²) in [6.45, 7) is 6.71. The average Bonchev–Trinajstić information content (AvgIpc) is 3.42. The van der Waals surface area contributed by atoms with Crippen molar-refractivity contribution in [1.82, 2.24) is 0 Å². The van der Waals surface area contributed by atoms with Crippen LogP contribution in [0.2, 0.25) is 0 Å². The molecule has 6 heteroatoms. The second-order valence-electron chi connectivity index (χ2n) is 23.8. The second kappa shape index (κ2) is 65.7. The number of unbranched alkanes of at least 4 members (excludes halogenated alkanes) is 52. The molecule has 0 aromatic heterocycles. The minimum absolute atomic E-state index is 0.0625. The Morgan fingerprint density at radius 1 is 0.250 bits per heavy atom. The summed E-state index contributed by atoms with van der Waals surface area (Å²) in [4.78, 5) is 38.3. The van der Waals surface area contributed by atoms with Gasteiger partial charge in [0.1, 0.15) is 13.2 Å². The molecule has 1 atom stereocenters. The number of carbonyl (C=O) groups is 3. The van der Waals surface area contributed by atoms with Gasteiger partial charge in [0.2, 0.25) is 0 Å². The van der Waals surface area contributed by atoms with E-state index in [0.717, 1.165) is 57.8 Å². The Morgan fingerprint density at radius 3 is 0.658 bits per heavy atom. The van der Waals surface area contributed by atoms with Crippen molar-refractivity contribution in [3.8, 4) is 0 Å². The predicted molar refractivity (Wildman–Crippen MR) is 330 cm³/mol. The topological polar surface area (TPSA) is 78.9 Å². The van der Waals surface area contributed by atoms with Crippen LogP contribution in [0.1, 0.15) is 400 Å². The lowest BCUT2D eigenvalue weighted by molar-refractivity contribution is -0.167. The van der Waals surface area contributed by atoms with Crippen molar-refractivity contribution in [3.05, 3.63) is 12.2 Å². The van der Waals surface area contributed by atoms with E-state index in [1.165, 1.54) is 302 Å². The van der Waals surface area contributed by atoms with E-state index in [1.54, 1.807) is 0 Å². The fraction of sp³-hybridized carbons (Fsp3) is 0.929. The van der Waals surface area contributed by atoms with Crippen molar-refractivity contribution in [2.24, 2.45) is 0 Å². The van der Waals surface area contributed by atoms with E-state index in [2.05, 4.69) is 32.9 Å². The standard InChI is InChI=1S/C70H134O6/c1-4-7-10-13-16-19-22-24-26-28-30-31-32-33-34-35-36-37-38-39-41-42-44-46-48-51-54-57-60-63-69(72)75-66-67(65-74-68(71)62-59-56-53-50-21-18-15-12-9-6-3)76-70(73)64-61-58-55-52-49-47-45-43-40-29-27-25-23-20-17-14-11-8-5-2/h28,30,67H,4-27,29,31-66H2,1-3H3/b30-28-. The lowest BCUT2D eigenvalue weighted by atomic mass is 10.0. The zero-order valence-electron chi connectivity index (χ0n) is 51.8. The number of hydrogen-bond donors (Lipinski definition) is 0. The summed E-state index contributed by atoms with van der Waals surface area (Å²) >= 11 is 0. The molecule has 76 heavy (non-hydrogen) atoms. The third-order valence-electron chi connectivity index (χ3n) is 16.0. The highest BCUT2D eigenvalue weighted by molar-refractivity contribution is 5.71. The van der Waals surface area contributed by atoms with Gasteiger partial charge in [0.25, 0.3) is 0 Å². The molecular formula is C70H134O6. The zero-order chi connectivity index (χ0) is 55.0. The minimum atomic E-state index is -0.764. The average molecular weight is 1070 g/mol. The first-order valence-electron chi connectivity index (χ1n) is 34.7. The maximum Gasteiger partial charge on any atom is 0.306 e. The van der Waals surface area contributed by atoms with Gasteiger partial charge < -0.3 is 14.2 Å². The van der Waals surface area contributed by atoms with Crippen molar-refractivity contribution in [2.45, 2.75) is 406 Å². The molecule has 0 aliphatic rings. The molecule has 0 rings (SSSR count). The molecular weight excluding hydrogens is 937 g/mol. The maximum absolute atomic E-state index is 12.9. The lowest BCUT2D eigenvalue weighted by Gasteiger charge is -2.18. The number of rotatable bonds is 65. The van der Waals surface area contributed by atoms with Gasteiger partial charge in [-0.25, -0.2) is 0 Å². The van der Waals surface area contributed by atoms with Crippen molar-refractivity contribution >= 4 is 17.9 Å². The van der Waals surface area contributed by atoms with Gasteiger partial charge >= 0.3 is 17.9 Å². The van der Waals surface area contributed by atoms with Crippen LogP contribution in [0.15, 0.2) is 12.2 Å². The van der Waals surface area contributed by atoms with Crippen molar-refractivity contribution in [1.29, 1.82) is 0 Å². The smallest absolute Gasteiger partial charge is 0.306 e. The Bertz CT molecular complexity index is 1180. The van der Waals surface area contributed by atoms with E-state index in [9.17, 15) is 14.4 Å². The molecule has 0 heterocycles. The Labute approximate surface area is 475 Å². The SMILES string of the molecule is CCCCCCCCCC/C=C\CCCCCCCCCCCCCCCCCCCC(=O)OCC(COC(=O)CCCCCCCCCCCC)OC(=O)CCCCCCCCCCCCCCCCCCCCC. The van der Waals surface area contributed by atoms with Gasteiger partial charge in [0.05, 0.1) is 0 Å². The molecule has 0 saturated heterocycles. The van der Waals surface area contributed by atoms with Gasteiger partial charge in [-0.1, -0.05) is 348 Å². The Morgan fingerprint density at radius 2 is 0.434 bits per heavy atom. The van der Waals surface area contributed by atoms with Crippen LogP contribution >= 0.6 is 0 Å². The van der Waals surface area contributed by atoms with E-state index in [4.69, 9.17) is 14.2 Å². The van der Waals surface area contributed by atoms with Crippen LogP contribution in [0.3, 0.4) is 0 Å². The number of carbonyl (C=O) groups excluding carboxylic acids is 3. The maximum atomic E-state index is 12.9. The molecule has 0 bridgehead atoms. The first-order valence-corrected chi connectivity index (χ1v) is 34.7. The van der Waals surface area contributed by atoms with Crippen LogP contribution in [0.25, 0.3) is 0 Å². The Hall–Kier alpha value is -1.85. The molecule has 1 unspecified atom stereocenters. The second-order valence-corrected chi connectivity index (χ2v) is 23.8. The molecule has 0 spiro atoms. The fourth-order valence-corrected chi connectivity index (χ4v) is 10.8. The van der Waals surface area contributed by atoms with Crippen molar-refractivity contribution in [2.75, 3.05) is 13.2 Å². The van der Waals surface area contributed by atoms with Crippen LogP contribution < -0.4 is 0 Å². The van der Waals surface area contributed by atoms with Gasteiger partial charge in [-0.05, 0) is 44.9 Å². The van der Waals surface area contributed by atoms with Gasteiger partial charge in [-0.3, -0.25) is 14.4 Å². The third kappa shape index (κ3) is 63.0. The molecule has 0 saturated carbocycles. The van der Waals surface area contributed by atoms with E-state index in [-0.39, 0.29) is 31.1 Å². The number of hydrogen-bond acceptors (Lipinski definition) is 6. The van der Waals surface area contributed by atoms with Gasteiger partial charge in [-0.2, -0.15) is 0 Å². The first-order chi connectivity index (χ1) is 37.5. The van der Waals surface area contributed by atoms with E-state index in [0.29, 0.717) is 19.3 Å². The summed E-state index contributed by atoms with van der Waals surface area (Å²) < 4.78 is 16.9. The summed E-state index contributed by atoms with van der Waals surface area (Å²) in [5.74, 6) is -0.831. The van der Waals surface area contributed by atoms with Crippen molar-refractivity contribution in [3.63, 3.8) is 0 Å². The Kier molecular flexibility index (Phi) is 64.1. The molecule has 0 fully saturated rings. The largest absolute Gasteiger partial charge is 0.462 e. The number of allylic oxidation sites excluding steroid dienone is 2. The summed E-state index contributed by atoms with van der Waals surface area (Å²) in [7, 11) is 0. The van der Waals surface area contributed by atoms with Gasteiger partial charge in [-0.15, -0.1) is 0 Å². The van der Waals surface area contributed by atoms with Gasteiger partial charge in [0, 0.05) is 19.3 Å². The molecule has 0 amide bonds. The van der Waals surface area contributed by atoms with Gasteiger partial charge in [0.15, 0.2) is 6.10 Å². The summed E-state index contributed by atoms with van der Waals surface area (Å²) in [5.41, 5.74) is 0. The summed E-state index contributed by atoms with van der Waals surface area (Å²) in [6, 6.07) is 0. The van der Waals surface area contributed by atoms with E-state index in [1.807, 2.05) is 0 Å². The molecule has 0 aromatic carbocycles. The molecule has 0 aliphatic carbocycles. The molecule has 0 radical (unpaired) electrons. The highest BCUT2D eigenvalue weighted by Crippen LogP contribution is 2.19. The first kappa shape index (κ1) is 74.2. The summed E-state index contributed by atoms with van der Waals surface area (Å²) in [6.07, 6.45) is 78.2. The number of esters is 3. The van der Waals surface area contributed by atoms with Crippen LogP contribution in [0.4, 0.5) is 0 Å². The van der Waals surface area contributed by atoms with Crippen LogP contribution in [0.5, 0.6) is 0 Å². The minimum Gasteiger partial charge on any atom is -0.462 e. The number of ether oxygens (including phenoxy) is 3. The molecule has 0 aromatic rings. The quantitative estimate of drug-likeness (QED) is 0.0261. The van der Waals surface area contributed by atoms with Crippen LogP contribution in [-0.4, -0.2) is 37.2 Å². The predicted octanol–water partition coefficient (Wildman–Crippen LogP) is 23.6.